The summed E-state index contributed by atoms with van der Waals surface area (Å²) in [7, 11) is 1.84. The van der Waals surface area contributed by atoms with Crippen molar-refractivity contribution in [3.63, 3.8) is 0 Å². The van der Waals surface area contributed by atoms with Gasteiger partial charge in [-0.25, -0.2) is 0 Å². The van der Waals surface area contributed by atoms with E-state index in [1.165, 1.54) is 0 Å². The molecule has 1 fully saturated rings. The van der Waals surface area contributed by atoms with Crippen molar-refractivity contribution in [2.75, 3.05) is 0 Å². The van der Waals surface area contributed by atoms with E-state index in [9.17, 15) is 4.79 Å². The lowest BCUT2D eigenvalue weighted by molar-refractivity contribution is -0.123. The van der Waals surface area contributed by atoms with Crippen molar-refractivity contribution in [3.05, 3.63) is 18.0 Å². The Labute approximate surface area is 82.3 Å². The summed E-state index contributed by atoms with van der Waals surface area (Å²) in [6.45, 7) is 0.506. The summed E-state index contributed by atoms with van der Waals surface area (Å²) in [6.07, 6.45) is 5.20. The zero-order valence-electron chi connectivity index (χ0n) is 8.16. The van der Waals surface area contributed by atoms with Crippen LogP contribution >= 0.6 is 0 Å². The molecule has 1 amide bonds. The van der Waals surface area contributed by atoms with E-state index in [0.717, 1.165) is 18.4 Å². The molecule has 0 aromatic carbocycles. The fourth-order valence-electron chi connectivity index (χ4n) is 1.28. The van der Waals surface area contributed by atoms with Gasteiger partial charge in [-0.15, -0.1) is 0 Å². The van der Waals surface area contributed by atoms with Crippen molar-refractivity contribution in [1.29, 1.82) is 0 Å². The van der Waals surface area contributed by atoms with Crippen LogP contribution in [0.5, 0.6) is 0 Å². The predicted molar refractivity (Wildman–Crippen MR) is 51.2 cm³/mol. The van der Waals surface area contributed by atoms with Gasteiger partial charge in [0.25, 0.3) is 0 Å². The van der Waals surface area contributed by atoms with Crippen LogP contribution in [0.1, 0.15) is 18.4 Å². The standard InChI is InChI=1S/C9H14N4O/c1-13-6-7(5-12-13)4-11-8(14)9(10)2-3-9/h5-6H,2-4,10H2,1H3,(H,11,14). The minimum atomic E-state index is -0.581. The van der Waals surface area contributed by atoms with Gasteiger partial charge in [-0.3, -0.25) is 9.48 Å². The lowest BCUT2D eigenvalue weighted by atomic mass is 10.2. The number of carbonyl (C=O) groups is 1. The number of hydrogen-bond acceptors (Lipinski definition) is 3. The summed E-state index contributed by atoms with van der Waals surface area (Å²) in [5, 5.41) is 6.80. The summed E-state index contributed by atoms with van der Waals surface area (Å²) < 4.78 is 1.71. The average Bonchev–Trinajstić information content (AvgIpc) is 2.76. The molecule has 5 heteroatoms. The Balaban J connectivity index is 1.85. The lowest BCUT2D eigenvalue weighted by Gasteiger charge is -2.08. The molecule has 1 saturated carbocycles. The molecule has 1 heterocycles. The first-order chi connectivity index (χ1) is 6.60. The summed E-state index contributed by atoms with van der Waals surface area (Å²) in [4.78, 5) is 11.4. The molecule has 1 aromatic heterocycles. The topological polar surface area (TPSA) is 72.9 Å². The molecule has 0 atom stereocenters. The molecular formula is C9H14N4O. The van der Waals surface area contributed by atoms with Gasteiger partial charge in [0.15, 0.2) is 0 Å². The van der Waals surface area contributed by atoms with Crippen molar-refractivity contribution in [1.82, 2.24) is 15.1 Å². The minimum absolute atomic E-state index is 0.0543. The van der Waals surface area contributed by atoms with Gasteiger partial charge in [0, 0.05) is 25.4 Å². The van der Waals surface area contributed by atoms with Crippen LogP contribution in [0.25, 0.3) is 0 Å². The third-order valence-electron chi connectivity index (χ3n) is 2.45. The maximum absolute atomic E-state index is 11.4. The molecule has 0 spiro atoms. The first kappa shape index (κ1) is 9.21. The van der Waals surface area contributed by atoms with Crippen molar-refractivity contribution in [2.45, 2.75) is 24.9 Å². The van der Waals surface area contributed by atoms with Crippen LogP contribution in [0.4, 0.5) is 0 Å². The van der Waals surface area contributed by atoms with E-state index in [4.69, 9.17) is 5.73 Å². The van der Waals surface area contributed by atoms with Crippen molar-refractivity contribution in [2.24, 2.45) is 12.8 Å². The number of aromatic nitrogens is 2. The number of carbonyl (C=O) groups excluding carboxylic acids is 1. The van der Waals surface area contributed by atoms with Gasteiger partial charge in [0.2, 0.25) is 5.91 Å². The highest BCUT2D eigenvalue weighted by atomic mass is 16.2. The molecule has 0 bridgehead atoms. The highest BCUT2D eigenvalue weighted by molar-refractivity contribution is 5.88. The van der Waals surface area contributed by atoms with Crippen LogP contribution in [0, 0.1) is 0 Å². The van der Waals surface area contributed by atoms with E-state index in [1.54, 1.807) is 10.9 Å². The zero-order valence-corrected chi connectivity index (χ0v) is 8.16. The first-order valence-corrected chi connectivity index (χ1v) is 4.65. The van der Waals surface area contributed by atoms with Gasteiger partial charge in [-0.1, -0.05) is 0 Å². The molecule has 1 aliphatic rings. The molecule has 0 radical (unpaired) electrons. The molecule has 0 unspecified atom stereocenters. The largest absolute Gasteiger partial charge is 0.350 e. The van der Waals surface area contributed by atoms with Crippen LogP contribution in [0.15, 0.2) is 12.4 Å². The normalized spacial score (nSPS) is 17.9. The zero-order chi connectivity index (χ0) is 10.2. The number of nitrogens with one attached hydrogen (secondary N) is 1. The highest BCUT2D eigenvalue weighted by Crippen LogP contribution is 2.32. The maximum Gasteiger partial charge on any atom is 0.240 e. The van der Waals surface area contributed by atoms with Gasteiger partial charge in [-0.2, -0.15) is 5.10 Å². The second-order valence-corrected chi connectivity index (χ2v) is 3.86. The van der Waals surface area contributed by atoms with Crippen molar-refractivity contribution >= 4 is 5.91 Å². The minimum Gasteiger partial charge on any atom is -0.350 e. The summed E-state index contributed by atoms with van der Waals surface area (Å²) in [6, 6.07) is 0. The number of hydrogen-bond donors (Lipinski definition) is 2. The Morgan fingerprint density at radius 3 is 3.00 bits per heavy atom. The van der Waals surface area contributed by atoms with E-state index in [2.05, 4.69) is 10.4 Å². The molecule has 1 aromatic rings. The van der Waals surface area contributed by atoms with Gasteiger partial charge < -0.3 is 11.1 Å². The van der Waals surface area contributed by atoms with Gasteiger partial charge in [0.05, 0.1) is 11.7 Å². The number of nitrogens with zero attached hydrogens (tertiary/aromatic N) is 2. The number of amides is 1. The van der Waals surface area contributed by atoms with Crippen LogP contribution in [-0.2, 0) is 18.4 Å². The van der Waals surface area contributed by atoms with Crippen molar-refractivity contribution in [3.8, 4) is 0 Å². The predicted octanol–water partition coefficient (Wildman–Crippen LogP) is -0.472. The van der Waals surface area contributed by atoms with E-state index < -0.39 is 5.54 Å². The molecular weight excluding hydrogens is 180 g/mol. The third-order valence-corrected chi connectivity index (χ3v) is 2.45. The second-order valence-electron chi connectivity index (χ2n) is 3.86. The fraction of sp³-hybridized carbons (Fsp3) is 0.556. The number of aryl methyl sites for hydroxylation is 1. The van der Waals surface area contributed by atoms with Crippen LogP contribution in [-0.4, -0.2) is 21.2 Å². The lowest BCUT2D eigenvalue weighted by Crippen LogP contribution is -2.42. The Kier molecular flexibility index (Phi) is 2.03. The van der Waals surface area contributed by atoms with Crippen LogP contribution < -0.4 is 11.1 Å². The Bertz CT molecular complexity index is 353. The van der Waals surface area contributed by atoms with E-state index in [0.29, 0.717) is 6.54 Å². The molecule has 76 valence electrons. The molecule has 1 aliphatic carbocycles. The van der Waals surface area contributed by atoms with E-state index in [-0.39, 0.29) is 5.91 Å². The van der Waals surface area contributed by atoms with Crippen LogP contribution in [0.2, 0.25) is 0 Å². The quantitative estimate of drug-likeness (QED) is 0.683. The number of rotatable bonds is 3. The maximum atomic E-state index is 11.4. The van der Waals surface area contributed by atoms with Gasteiger partial charge >= 0.3 is 0 Å². The van der Waals surface area contributed by atoms with Crippen molar-refractivity contribution < 1.29 is 4.79 Å². The SMILES string of the molecule is Cn1cc(CNC(=O)C2(N)CC2)cn1. The second kappa shape index (κ2) is 3.09. The molecule has 14 heavy (non-hydrogen) atoms. The average molecular weight is 194 g/mol. The van der Waals surface area contributed by atoms with Gasteiger partial charge in [0.1, 0.15) is 0 Å². The van der Waals surface area contributed by atoms with Gasteiger partial charge in [-0.05, 0) is 12.8 Å². The molecule has 0 saturated heterocycles. The molecule has 0 aliphatic heterocycles. The number of nitrogens with two attached hydrogens (primary N) is 1. The Morgan fingerprint density at radius 2 is 2.50 bits per heavy atom. The Morgan fingerprint density at radius 1 is 1.79 bits per heavy atom. The third kappa shape index (κ3) is 1.77. The Hall–Kier alpha value is -1.36. The van der Waals surface area contributed by atoms with E-state index in [1.807, 2.05) is 13.2 Å². The molecule has 5 nitrogen and oxygen atoms in total. The fourth-order valence-corrected chi connectivity index (χ4v) is 1.28. The summed E-state index contributed by atoms with van der Waals surface area (Å²) in [5.41, 5.74) is 6.14. The van der Waals surface area contributed by atoms with E-state index >= 15 is 0 Å². The first-order valence-electron chi connectivity index (χ1n) is 4.65. The smallest absolute Gasteiger partial charge is 0.240 e. The molecule has 2 rings (SSSR count). The summed E-state index contributed by atoms with van der Waals surface area (Å²) in [5.74, 6) is -0.0543. The molecule has 3 N–H and O–H groups in total. The highest BCUT2D eigenvalue weighted by Gasteiger charge is 2.45. The summed E-state index contributed by atoms with van der Waals surface area (Å²) >= 11 is 0. The van der Waals surface area contributed by atoms with Crippen LogP contribution in [0.3, 0.4) is 0 Å². The monoisotopic (exact) mass is 194 g/mol.